The molecule has 1 aromatic carbocycles. The number of hydrogen-bond acceptors (Lipinski definition) is 4. The molecule has 0 fully saturated rings. The van der Waals surface area contributed by atoms with Crippen LogP contribution >= 0.6 is 0 Å². The van der Waals surface area contributed by atoms with Crippen LogP contribution in [0.4, 0.5) is 0 Å². The summed E-state index contributed by atoms with van der Waals surface area (Å²) < 4.78 is 22.3. The minimum Gasteiger partial charge on any atom is -0.488 e. The van der Waals surface area contributed by atoms with Gasteiger partial charge in [-0.05, 0) is 63.8 Å². The summed E-state index contributed by atoms with van der Waals surface area (Å²) in [6.45, 7) is 13.3. The Morgan fingerprint density at radius 1 is 0.909 bits per heavy atom. The zero-order valence-corrected chi connectivity index (χ0v) is 14.6. The molecule has 1 rings (SSSR count). The molecule has 0 saturated heterocycles. The van der Waals surface area contributed by atoms with Crippen LogP contribution in [0.2, 0.25) is 0 Å². The first-order valence-electron chi connectivity index (χ1n) is 8.16. The van der Waals surface area contributed by atoms with Gasteiger partial charge in [0.05, 0.1) is 6.61 Å². The SMILES string of the molecule is CCOCCc1ccc(OCC(OCC)OCC)c(C)c1C. The summed E-state index contributed by atoms with van der Waals surface area (Å²) in [5.41, 5.74) is 3.74. The van der Waals surface area contributed by atoms with Crippen molar-refractivity contribution in [3.8, 4) is 5.75 Å². The minimum absolute atomic E-state index is 0.313. The van der Waals surface area contributed by atoms with E-state index < -0.39 is 0 Å². The van der Waals surface area contributed by atoms with Gasteiger partial charge in [-0.15, -0.1) is 0 Å². The molecular weight excluding hydrogens is 280 g/mol. The van der Waals surface area contributed by atoms with Crippen LogP contribution in [-0.4, -0.2) is 39.3 Å². The molecule has 0 aliphatic carbocycles. The van der Waals surface area contributed by atoms with Crippen molar-refractivity contribution in [3.05, 3.63) is 28.8 Å². The summed E-state index contributed by atoms with van der Waals surface area (Å²) in [7, 11) is 0. The van der Waals surface area contributed by atoms with E-state index in [-0.39, 0.29) is 6.29 Å². The Morgan fingerprint density at radius 3 is 2.18 bits per heavy atom. The molecule has 0 spiro atoms. The molecule has 0 aromatic heterocycles. The average molecular weight is 310 g/mol. The molecule has 1 aromatic rings. The van der Waals surface area contributed by atoms with E-state index in [0.717, 1.165) is 25.4 Å². The first-order valence-corrected chi connectivity index (χ1v) is 8.16. The largest absolute Gasteiger partial charge is 0.488 e. The zero-order valence-electron chi connectivity index (χ0n) is 14.6. The smallest absolute Gasteiger partial charge is 0.191 e. The molecule has 0 atom stereocenters. The van der Waals surface area contributed by atoms with Crippen LogP contribution in [0, 0.1) is 13.8 Å². The monoisotopic (exact) mass is 310 g/mol. The van der Waals surface area contributed by atoms with E-state index in [1.807, 2.05) is 26.8 Å². The Morgan fingerprint density at radius 2 is 1.59 bits per heavy atom. The number of ether oxygens (including phenoxy) is 4. The summed E-state index contributed by atoms with van der Waals surface area (Å²) in [4.78, 5) is 0. The molecule has 0 bridgehead atoms. The van der Waals surface area contributed by atoms with Gasteiger partial charge in [-0.25, -0.2) is 0 Å². The highest BCUT2D eigenvalue weighted by atomic mass is 16.7. The van der Waals surface area contributed by atoms with Gasteiger partial charge in [0.25, 0.3) is 0 Å². The Bertz CT molecular complexity index is 425. The van der Waals surface area contributed by atoms with Crippen LogP contribution in [0.3, 0.4) is 0 Å². The van der Waals surface area contributed by atoms with Crippen molar-refractivity contribution < 1.29 is 18.9 Å². The third-order valence-corrected chi connectivity index (χ3v) is 3.65. The van der Waals surface area contributed by atoms with E-state index in [9.17, 15) is 0 Å². The topological polar surface area (TPSA) is 36.9 Å². The number of rotatable bonds is 11. The second-order valence-corrected chi connectivity index (χ2v) is 5.07. The van der Waals surface area contributed by atoms with Crippen molar-refractivity contribution >= 4 is 0 Å². The van der Waals surface area contributed by atoms with Gasteiger partial charge in [0, 0.05) is 19.8 Å². The minimum atomic E-state index is -0.313. The lowest BCUT2D eigenvalue weighted by atomic mass is 10.0. The molecule has 126 valence electrons. The van der Waals surface area contributed by atoms with E-state index in [0.29, 0.717) is 19.8 Å². The van der Waals surface area contributed by atoms with Gasteiger partial charge in [-0.1, -0.05) is 6.07 Å². The second kappa shape index (κ2) is 10.6. The maximum atomic E-state index is 5.88. The summed E-state index contributed by atoms with van der Waals surface area (Å²) >= 11 is 0. The highest BCUT2D eigenvalue weighted by molar-refractivity contribution is 5.43. The van der Waals surface area contributed by atoms with Gasteiger partial charge in [0.15, 0.2) is 6.29 Å². The van der Waals surface area contributed by atoms with Crippen molar-refractivity contribution in [1.82, 2.24) is 0 Å². The van der Waals surface area contributed by atoms with Crippen LogP contribution in [-0.2, 0) is 20.6 Å². The molecule has 0 unspecified atom stereocenters. The molecule has 0 saturated carbocycles. The molecule has 4 nitrogen and oxygen atoms in total. The Balaban J connectivity index is 2.65. The van der Waals surface area contributed by atoms with Gasteiger partial charge >= 0.3 is 0 Å². The van der Waals surface area contributed by atoms with Crippen LogP contribution in [0.1, 0.15) is 37.5 Å². The van der Waals surface area contributed by atoms with E-state index in [4.69, 9.17) is 18.9 Å². The van der Waals surface area contributed by atoms with Gasteiger partial charge in [-0.2, -0.15) is 0 Å². The zero-order chi connectivity index (χ0) is 16.4. The van der Waals surface area contributed by atoms with Crippen molar-refractivity contribution in [2.75, 3.05) is 33.0 Å². The van der Waals surface area contributed by atoms with Crippen molar-refractivity contribution in [3.63, 3.8) is 0 Å². The van der Waals surface area contributed by atoms with E-state index in [1.165, 1.54) is 16.7 Å². The van der Waals surface area contributed by atoms with Crippen molar-refractivity contribution in [2.24, 2.45) is 0 Å². The van der Waals surface area contributed by atoms with Gasteiger partial charge in [0.1, 0.15) is 12.4 Å². The van der Waals surface area contributed by atoms with Gasteiger partial charge < -0.3 is 18.9 Å². The molecule has 0 aliphatic heterocycles. The van der Waals surface area contributed by atoms with Gasteiger partial charge in [0.2, 0.25) is 0 Å². The molecule has 0 amide bonds. The highest BCUT2D eigenvalue weighted by Crippen LogP contribution is 2.25. The van der Waals surface area contributed by atoms with Crippen LogP contribution in [0.15, 0.2) is 12.1 Å². The summed E-state index contributed by atoms with van der Waals surface area (Å²) in [6.07, 6.45) is 0.619. The van der Waals surface area contributed by atoms with E-state index >= 15 is 0 Å². The van der Waals surface area contributed by atoms with E-state index in [2.05, 4.69) is 19.9 Å². The summed E-state index contributed by atoms with van der Waals surface area (Å²) in [6, 6.07) is 4.14. The fourth-order valence-corrected chi connectivity index (χ4v) is 2.28. The molecule has 0 aliphatic rings. The molecule has 4 heteroatoms. The fraction of sp³-hybridized carbons (Fsp3) is 0.667. The standard InChI is InChI=1S/C18H30O4/c1-6-19-12-11-16-9-10-17(15(5)14(16)4)22-13-18(20-7-2)21-8-3/h9-10,18H,6-8,11-13H2,1-5H3. The van der Waals surface area contributed by atoms with Crippen LogP contribution in [0.25, 0.3) is 0 Å². The van der Waals surface area contributed by atoms with Crippen LogP contribution < -0.4 is 4.74 Å². The van der Waals surface area contributed by atoms with E-state index in [1.54, 1.807) is 0 Å². The maximum absolute atomic E-state index is 5.88. The first-order chi connectivity index (χ1) is 10.6. The third kappa shape index (κ3) is 5.95. The Labute approximate surface area is 134 Å². The predicted octanol–water partition coefficient (Wildman–Crippen LogP) is 3.66. The normalized spacial score (nSPS) is 11.2. The molecule has 0 N–H and O–H groups in total. The number of hydrogen-bond donors (Lipinski definition) is 0. The van der Waals surface area contributed by atoms with Crippen molar-refractivity contribution in [2.45, 2.75) is 47.3 Å². The third-order valence-electron chi connectivity index (χ3n) is 3.65. The van der Waals surface area contributed by atoms with Crippen LogP contribution in [0.5, 0.6) is 5.75 Å². The molecule has 0 heterocycles. The quantitative estimate of drug-likeness (QED) is 0.462. The fourth-order valence-electron chi connectivity index (χ4n) is 2.28. The lowest BCUT2D eigenvalue weighted by Crippen LogP contribution is -2.25. The molecular formula is C18H30O4. The average Bonchev–Trinajstić information content (AvgIpc) is 2.51. The molecule has 22 heavy (non-hydrogen) atoms. The molecule has 0 radical (unpaired) electrons. The highest BCUT2D eigenvalue weighted by Gasteiger charge is 2.12. The predicted molar refractivity (Wildman–Crippen MR) is 88.6 cm³/mol. The lowest BCUT2D eigenvalue weighted by Gasteiger charge is -2.19. The maximum Gasteiger partial charge on any atom is 0.191 e. The first kappa shape index (κ1) is 18.9. The Kier molecular flexibility index (Phi) is 9.13. The lowest BCUT2D eigenvalue weighted by molar-refractivity contribution is -0.152. The summed E-state index contributed by atoms with van der Waals surface area (Å²) in [5.74, 6) is 0.891. The van der Waals surface area contributed by atoms with Crippen molar-refractivity contribution in [1.29, 1.82) is 0 Å². The number of benzene rings is 1. The van der Waals surface area contributed by atoms with Gasteiger partial charge in [-0.3, -0.25) is 0 Å². The summed E-state index contributed by atoms with van der Waals surface area (Å²) in [5, 5.41) is 0. The Hall–Kier alpha value is -1.10. The second-order valence-electron chi connectivity index (χ2n) is 5.07.